The summed E-state index contributed by atoms with van der Waals surface area (Å²) in [5, 5.41) is 5.79. The largest absolute Gasteiger partial charge is 0.380 e. The molecule has 1 N–H and O–H groups in total. The molecule has 1 rings (SSSR count). The van der Waals surface area contributed by atoms with Crippen LogP contribution in [0.15, 0.2) is 17.5 Å². The van der Waals surface area contributed by atoms with E-state index in [0.29, 0.717) is 18.0 Å². The quantitative estimate of drug-likeness (QED) is 0.823. The minimum atomic E-state index is 0.237. The molecule has 2 nitrogen and oxygen atoms in total. The van der Waals surface area contributed by atoms with Gasteiger partial charge in [-0.05, 0) is 31.2 Å². The molecule has 1 aromatic rings. The van der Waals surface area contributed by atoms with Crippen molar-refractivity contribution in [2.75, 3.05) is 7.11 Å². The van der Waals surface area contributed by atoms with Crippen molar-refractivity contribution in [3.05, 3.63) is 22.4 Å². The first kappa shape index (κ1) is 13.7. The van der Waals surface area contributed by atoms with Crippen molar-refractivity contribution >= 4 is 11.3 Å². The molecule has 92 valence electrons. The van der Waals surface area contributed by atoms with Gasteiger partial charge in [-0.2, -0.15) is 0 Å². The van der Waals surface area contributed by atoms with E-state index in [9.17, 15) is 0 Å². The lowest BCUT2D eigenvalue weighted by Crippen LogP contribution is -2.40. The zero-order valence-corrected chi connectivity index (χ0v) is 11.7. The molecule has 0 saturated heterocycles. The molecule has 0 aromatic carbocycles. The third kappa shape index (κ3) is 3.58. The monoisotopic (exact) mass is 241 g/mol. The second-order valence-corrected chi connectivity index (χ2v) is 5.61. The third-order valence-electron chi connectivity index (χ3n) is 3.03. The Morgan fingerprint density at radius 2 is 1.94 bits per heavy atom. The minimum absolute atomic E-state index is 0.237. The Bertz CT molecular complexity index is 284. The molecule has 0 bridgehead atoms. The van der Waals surface area contributed by atoms with Crippen LogP contribution in [0.5, 0.6) is 0 Å². The number of methoxy groups -OCH3 is 1. The molecular formula is C13H23NOS. The van der Waals surface area contributed by atoms with Gasteiger partial charge in [0.25, 0.3) is 0 Å². The maximum Gasteiger partial charge on any atom is 0.0693 e. The first-order valence-corrected chi connectivity index (χ1v) is 6.76. The van der Waals surface area contributed by atoms with Gasteiger partial charge in [-0.15, -0.1) is 11.3 Å². The highest BCUT2D eigenvalue weighted by molar-refractivity contribution is 7.10. The summed E-state index contributed by atoms with van der Waals surface area (Å²) in [6.45, 7) is 8.78. The summed E-state index contributed by atoms with van der Waals surface area (Å²) in [7, 11) is 1.76. The van der Waals surface area contributed by atoms with Gasteiger partial charge >= 0.3 is 0 Å². The van der Waals surface area contributed by atoms with Gasteiger partial charge in [0, 0.05) is 24.1 Å². The number of hydrogen-bond acceptors (Lipinski definition) is 3. The van der Waals surface area contributed by atoms with Gasteiger partial charge < -0.3 is 10.1 Å². The molecule has 3 atom stereocenters. The molecule has 0 radical (unpaired) electrons. The van der Waals surface area contributed by atoms with Crippen molar-refractivity contribution in [2.24, 2.45) is 5.92 Å². The van der Waals surface area contributed by atoms with Crippen LogP contribution in [0.1, 0.15) is 38.6 Å². The fourth-order valence-corrected chi connectivity index (χ4v) is 2.65. The highest BCUT2D eigenvalue weighted by Gasteiger charge is 2.21. The van der Waals surface area contributed by atoms with Crippen LogP contribution >= 0.6 is 11.3 Å². The number of ether oxygens (including phenoxy) is 1. The topological polar surface area (TPSA) is 21.3 Å². The Hall–Kier alpha value is -0.380. The maximum atomic E-state index is 5.35. The average molecular weight is 241 g/mol. The van der Waals surface area contributed by atoms with E-state index in [2.05, 4.69) is 50.5 Å². The van der Waals surface area contributed by atoms with E-state index in [1.54, 1.807) is 7.11 Å². The van der Waals surface area contributed by atoms with E-state index in [4.69, 9.17) is 4.74 Å². The maximum absolute atomic E-state index is 5.35. The number of hydrogen-bond donors (Lipinski definition) is 1. The lowest BCUT2D eigenvalue weighted by Gasteiger charge is -2.28. The van der Waals surface area contributed by atoms with Crippen LogP contribution in [-0.4, -0.2) is 19.3 Å². The van der Waals surface area contributed by atoms with Crippen LogP contribution in [0.4, 0.5) is 0 Å². The SMILES string of the molecule is COC(C)C(C)NC(c1cccs1)C(C)C. The van der Waals surface area contributed by atoms with Crippen LogP contribution in [0.25, 0.3) is 0 Å². The van der Waals surface area contributed by atoms with Crippen molar-refractivity contribution < 1.29 is 4.74 Å². The molecule has 0 aliphatic rings. The Balaban J connectivity index is 2.66. The number of thiophene rings is 1. The summed E-state index contributed by atoms with van der Waals surface area (Å²) < 4.78 is 5.35. The molecular weight excluding hydrogens is 218 g/mol. The Morgan fingerprint density at radius 3 is 2.38 bits per heavy atom. The summed E-state index contributed by atoms with van der Waals surface area (Å²) in [4.78, 5) is 1.41. The van der Waals surface area contributed by atoms with Crippen molar-refractivity contribution in [3.63, 3.8) is 0 Å². The second kappa shape index (κ2) is 6.38. The zero-order chi connectivity index (χ0) is 12.1. The standard InChI is InChI=1S/C13H23NOS/c1-9(2)13(12-7-6-8-16-12)14-10(3)11(4)15-5/h6-11,13-14H,1-5H3. The molecule has 0 amide bonds. The summed E-state index contributed by atoms with van der Waals surface area (Å²) in [6.07, 6.45) is 0.237. The predicted octanol–water partition coefficient (Wildman–Crippen LogP) is 3.46. The molecule has 1 aromatic heterocycles. The molecule has 0 spiro atoms. The summed E-state index contributed by atoms with van der Waals surface area (Å²) >= 11 is 1.82. The fourth-order valence-electron chi connectivity index (χ4n) is 1.69. The third-order valence-corrected chi connectivity index (χ3v) is 3.99. The second-order valence-electron chi connectivity index (χ2n) is 4.63. The molecule has 0 fully saturated rings. The van der Waals surface area contributed by atoms with Crippen molar-refractivity contribution in [1.29, 1.82) is 0 Å². The smallest absolute Gasteiger partial charge is 0.0693 e. The van der Waals surface area contributed by atoms with Crippen molar-refractivity contribution in [3.8, 4) is 0 Å². The molecule has 0 aliphatic carbocycles. The lowest BCUT2D eigenvalue weighted by molar-refractivity contribution is 0.0818. The van der Waals surface area contributed by atoms with E-state index in [1.807, 2.05) is 11.3 Å². The Morgan fingerprint density at radius 1 is 1.25 bits per heavy atom. The van der Waals surface area contributed by atoms with E-state index in [1.165, 1.54) is 4.88 Å². The van der Waals surface area contributed by atoms with Crippen molar-refractivity contribution in [1.82, 2.24) is 5.32 Å². The summed E-state index contributed by atoms with van der Waals surface area (Å²) in [6, 6.07) is 5.10. The van der Waals surface area contributed by atoms with Gasteiger partial charge in [-0.1, -0.05) is 19.9 Å². The molecule has 1 heterocycles. The molecule has 3 unspecified atom stereocenters. The predicted molar refractivity (Wildman–Crippen MR) is 71.0 cm³/mol. The molecule has 16 heavy (non-hydrogen) atoms. The molecule has 3 heteroatoms. The summed E-state index contributed by atoms with van der Waals surface area (Å²) in [5.41, 5.74) is 0. The summed E-state index contributed by atoms with van der Waals surface area (Å²) in [5.74, 6) is 0.588. The highest BCUT2D eigenvalue weighted by atomic mass is 32.1. The van der Waals surface area contributed by atoms with Gasteiger partial charge in [0.05, 0.1) is 6.10 Å². The van der Waals surface area contributed by atoms with Crippen LogP contribution in [0.3, 0.4) is 0 Å². The van der Waals surface area contributed by atoms with E-state index in [0.717, 1.165) is 0 Å². The first-order chi connectivity index (χ1) is 7.56. The first-order valence-electron chi connectivity index (χ1n) is 5.88. The van der Waals surface area contributed by atoms with Gasteiger partial charge in [0.2, 0.25) is 0 Å². The Kier molecular flexibility index (Phi) is 5.46. The van der Waals surface area contributed by atoms with Gasteiger partial charge in [-0.3, -0.25) is 0 Å². The number of nitrogens with one attached hydrogen (secondary N) is 1. The molecule has 0 aliphatic heterocycles. The van der Waals surface area contributed by atoms with Gasteiger partial charge in [0.15, 0.2) is 0 Å². The lowest BCUT2D eigenvalue weighted by atomic mass is 10.0. The van der Waals surface area contributed by atoms with E-state index >= 15 is 0 Å². The molecule has 0 saturated carbocycles. The van der Waals surface area contributed by atoms with Crippen LogP contribution in [0, 0.1) is 5.92 Å². The van der Waals surface area contributed by atoms with Crippen LogP contribution in [-0.2, 0) is 4.74 Å². The van der Waals surface area contributed by atoms with E-state index in [-0.39, 0.29) is 6.10 Å². The minimum Gasteiger partial charge on any atom is -0.380 e. The van der Waals surface area contributed by atoms with Crippen LogP contribution < -0.4 is 5.32 Å². The van der Waals surface area contributed by atoms with Gasteiger partial charge in [-0.25, -0.2) is 0 Å². The number of rotatable bonds is 6. The average Bonchev–Trinajstić information content (AvgIpc) is 2.76. The highest BCUT2D eigenvalue weighted by Crippen LogP contribution is 2.26. The Labute approximate surface area is 103 Å². The normalized spacial score (nSPS) is 17.4. The van der Waals surface area contributed by atoms with Crippen molar-refractivity contribution in [2.45, 2.75) is 45.9 Å². The van der Waals surface area contributed by atoms with Gasteiger partial charge in [0.1, 0.15) is 0 Å². The van der Waals surface area contributed by atoms with E-state index < -0.39 is 0 Å². The van der Waals surface area contributed by atoms with Crippen LogP contribution in [0.2, 0.25) is 0 Å². The fraction of sp³-hybridized carbons (Fsp3) is 0.692. The zero-order valence-electron chi connectivity index (χ0n) is 10.9.